The Morgan fingerprint density at radius 3 is 3.00 bits per heavy atom. The number of hydrogen-bond acceptors (Lipinski definition) is 4. The fourth-order valence-corrected chi connectivity index (χ4v) is 2.24. The Balaban J connectivity index is 1.87. The van der Waals surface area contributed by atoms with Crippen LogP contribution in [0, 0.1) is 5.92 Å². The maximum Gasteiger partial charge on any atom is 0.273 e. The van der Waals surface area contributed by atoms with E-state index in [1.165, 1.54) is 4.68 Å². The first kappa shape index (κ1) is 11.9. The fraction of sp³-hybridized carbons (Fsp3) is 0.636. The summed E-state index contributed by atoms with van der Waals surface area (Å²) in [5.41, 5.74) is 6.32. The van der Waals surface area contributed by atoms with Crippen molar-refractivity contribution < 1.29 is 9.90 Å². The number of hydrogen-bond donors (Lipinski definition) is 3. The smallest absolute Gasteiger partial charge is 0.273 e. The third-order valence-electron chi connectivity index (χ3n) is 3.14. The molecule has 1 aromatic heterocycles. The fourth-order valence-electron chi connectivity index (χ4n) is 2.24. The Morgan fingerprint density at radius 2 is 2.47 bits per heavy atom. The summed E-state index contributed by atoms with van der Waals surface area (Å²) in [5.74, 6) is 0.114. The van der Waals surface area contributed by atoms with Gasteiger partial charge in [-0.1, -0.05) is 0 Å². The Kier molecular flexibility index (Phi) is 3.33. The van der Waals surface area contributed by atoms with Gasteiger partial charge in [0, 0.05) is 19.8 Å². The van der Waals surface area contributed by atoms with Crippen molar-refractivity contribution in [1.29, 1.82) is 0 Å². The minimum Gasteiger partial charge on any atom is -0.396 e. The molecule has 0 saturated heterocycles. The van der Waals surface area contributed by atoms with Crippen LogP contribution in [0.1, 0.15) is 29.8 Å². The van der Waals surface area contributed by atoms with E-state index in [9.17, 15) is 9.90 Å². The molecule has 2 unspecified atom stereocenters. The summed E-state index contributed by atoms with van der Waals surface area (Å²) in [5, 5.41) is 16.2. The molecule has 0 aromatic carbocycles. The second-order valence-corrected chi connectivity index (χ2v) is 4.65. The molecule has 94 valence electrons. The van der Waals surface area contributed by atoms with Gasteiger partial charge in [-0.05, 0) is 25.2 Å². The van der Waals surface area contributed by atoms with Crippen LogP contribution in [0.15, 0.2) is 6.20 Å². The van der Waals surface area contributed by atoms with Crippen LogP contribution in [0.25, 0.3) is 0 Å². The molecule has 0 radical (unpaired) electrons. The number of rotatable bonds is 3. The van der Waals surface area contributed by atoms with Crippen LogP contribution in [-0.2, 0) is 7.05 Å². The number of carbonyl (C=O) groups is 1. The molecule has 2 atom stereocenters. The number of aliphatic hydroxyl groups excluding tert-OH is 1. The minimum absolute atomic E-state index is 0.211. The lowest BCUT2D eigenvalue weighted by Crippen LogP contribution is -2.29. The van der Waals surface area contributed by atoms with Crippen molar-refractivity contribution in [3.63, 3.8) is 0 Å². The zero-order chi connectivity index (χ0) is 12.4. The third-order valence-corrected chi connectivity index (χ3v) is 3.14. The molecular formula is C11H18N4O2. The molecule has 6 heteroatoms. The van der Waals surface area contributed by atoms with Crippen molar-refractivity contribution in [2.24, 2.45) is 13.0 Å². The maximum atomic E-state index is 11.8. The molecule has 1 heterocycles. The summed E-state index contributed by atoms with van der Waals surface area (Å²) in [6, 6.07) is 0. The number of aliphatic hydroxyl groups is 1. The van der Waals surface area contributed by atoms with Gasteiger partial charge in [-0.2, -0.15) is 5.10 Å². The lowest BCUT2D eigenvalue weighted by atomic mass is 10.1. The normalized spacial score (nSPS) is 23.9. The standard InChI is InChI=1S/C11H18N4O2/c1-15-6-9(12)10(14-15)11(17)13-5-7-2-3-8(16)4-7/h6-8,16H,2-5,12H2,1H3,(H,13,17). The van der Waals surface area contributed by atoms with Gasteiger partial charge < -0.3 is 16.2 Å². The van der Waals surface area contributed by atoms with Crippen molar-refractivity contribution in [1.82, 2.24) is 15.1 Å². The van der Waals surface area contributed by atoms with Crippen molar-refractivity contribution in [3.05, 3.63) is 11.9 Å². The van der Waals surface area contributed by atoms with Gasteiger partial charge in [0.15, 0.2) is 5.69 Å². The van der Waals surface area contributed by atoms with Gasteiger partial charge in [-0.15, -0.1) is 0 Å². The number of nitrogen functional groups attached to an aromatic ring is 1. The van der Waals surface area contributed by atoms with E-state index in [4.69, 9.17) is 5.73 Å². The highest BCUT2D eigenvalue weighted by Gasteiger charge is 2.23. The van der Waals surface area contributed by atoms with Crippen LogP contribution < -0.4 is 11.1 Å². The number of aryl methyl sites for hydroxylation is 1. The van der Waals surface area contributed by atoms with Crippen molar-refractivity contribution in [2.45, 2.75) is 25.4 Å². The quantitative estimate of drug-likeness (QED) is 0.685. The first-order valence-corrected chi connectivity index (χ1v) is 5.81. The molecule has 0 bridgehead atoms. The molecule has 1 amide bonds. The summed E-state index contributed by atoms with van der Waals surface area (Å²) >= 11 is 0. The lowest BCUT2D eigenvalue weighted by Gasteiger charge is -2.09. The van der Waals surface area contributed by atoms with E-state index in [-0.39, 0.29) is 17.7 Å². The predicted octanol–water partition coefficient (Wildman–Crippen LogP) is -0.107. The highest BCUT2D eigenvalue weighted by molar-refractivity contribution is 5.96. The monoisotopic (exact) mass is 238 g/mol. The second kappa shape index (κ2) is 4.75. The zero-order valence-corrected chi connectivity index (χ0v) is 9.89. The molecule has 1 aliphatic carbocycles. The Bertz CT molecular complexity index is 416. The molecule has 4 N–H and O–H groups in total. The number of anilines is 1. The van der Waals surface area contributed by atoms with Crippen LogP contribution >= 0.6 is 0 Å². The molecular weight excluding hydrogens is 220 g/mol. The van der Waals surface area contributed by atoms with E-state index >= 15 is 0 Å². The number of nitrogens with two attached hydrogens (primary N) is 1. The van der Waals surface area contributed by atoms with Crippen LogP contribution in [-0.4, -0.2) is 33.4 Å². The van der Waals surface area contributed by atoms with E-state index in [0.29, 0.717) is 18.2 Å². The molecule has 1 aliphatic rings. The van der Waals surface area contributed by atoms with Crippen LogP contribution in [0.5, 0.6) is 0 Å². The van der Waals surface area contributed by atoms with Gasteiger partial charge in [0.1, 0.15) is 0 Å². The van der Waals surface area contributed by atoms with Crippen LogP contribution in [0.3, 0.4) is 0 Å². The Hall–Kier alpha value is -1.56. The summed E-state index contributed by atoms with van der Waals surface area (Å²) in [7, 11) is 1.72. The van der Waals surface area contributed by atoms with E-state index in [1.54, 1.807) is 13.2 Å². The number of aromatic nitrogens is 2. The molecule has 0 aliphatic heterocycles. The van der Waals surface area contributed by atoms with Gasteiger partial charge in [0.05, 0.1) is 11.8 Å². The van der Waals surface area contributed by atoms with Gasteiger partial charge in [-0.25, -0.2) is 0 Å². The number of carbonyl (C=O) groups excluding carboxylic acids is 1. The first-order chi connectivity index (χ1) is 8.06. The topological polar surface area (TPSA) is 93.2 Å². The van der Waals surface area contributed by atoms with E-state index in [2.05, 4.69) is 10.4 Å². The highest BCUT2D eigenvalue weighted by Crippen LogP contribution is 2.24. The second-order valence-electron chi connectivity index (χ2n) is 4.65. The van der Waals surface area contributed by atoms with Crippen molar-refractivity contribution in [2.75, 3.05) is 12.3 Å². The Labute approximate surface area is 99.8 Å². The van der Waals surface area contributed by atoms with Gasteiger partial charge >= 0.3 is 0 Å². The number of nitrogens with zero attached hydrogens (tertiary/aromatic N) is 2. The summed E-state index contributed by atoms with van der Waals surface area (Å²) in [6.07, 6.45) is 3.94. The van der Waals surface area contributed by atoms with Crippen molar-refractivity contribution in [3.8, 4) is 0 Å². The van der Waals surface area contributed by atoms with Crippen LogP contribution in [0.2, 0.25) is 0 Å². The number of nitrogens with one attached hydrogen (secondary N) is 1. The molecule has 17 heavy (non-hydrogen) atoms. The van der Waals surface area contributed by atoms with Gasteiger partial charge in [-0.3, -0.25) is 9.48 Å². The average Bonchev–Trinajstić information content (AvgIpc) is 2.81. The summed E-state index contributed by atoms with van der Waals surface area (Å²) < 4.78 is 1.52. The summed E-state index contributed by atoms with van der Waals surface area (Å²) in [6.45, 7) is 0.575. The van der Waals surface area contributed by atoms with Gasteiger partial charge in [0.2, 0.25) is 0 Å². The highest BCUT2D eigenvalue weighted by atomic mass is 16.3. The zero-order valence-electron chi connectivity index (χ0n) is 9.89. The predicted molar refractivity (Wildman–Crippen MR) is 63.3 cm³/mol. The summed E-state index contributed by atoms with van der Waals surface area (Å²) in [4.78, 5) is 11.8. The third kappa shape index (κ3) is 2.76. The number of amides is 1. The molecule has 0 spiro atoms. The van der Waals surface area contributed by atoms with Crippen LogP contribution in [0.4, 0.5) is 5.69 Å². The maximum absolute atomic E-state index is 11.8. The molecule has 2 rings (SSSR count). The van der Waals surface area contributed by atoms with E-state index in [1.807, 2.05) is 0 Å². The van der Waals surface area contributed by atoms with Crippen molar-refractivity contribution >= 4 is 11.6 Å². The SMILES string of the molecule is Cn1cc(N)c(C(=O)NCC2CCC(O)C2)n1. The van der Waals surface area contributed by atoms with E-state index < -0.39 is 0 Å². The Morgan fingerprint density at radius 1 is 1.71 bits per heavy atom. The van der Waals surface area contributed by atoms with Gasteiger partial charge in [0.25, 0.3) is 5.91 Å². The first-order valence-electron chi connectivity index (χ1n) is 5.81. The van der Waals surface area contributed by atoms with E-state index in [0.717, 1.165) is 19.3 Å². The largest absolute Gasteiger partial charge is 0.396 e. The molecule has 1 saturated carbocycles. The molecule has 1 aromatic rings. The molecule has 6 nitrogen and oxygen atoms in total. The minimum atomic E-state index is -0.246. The molecule has 1 fully saturated rings. The lowest BCUT2D eigenvalue weighted by molar-refractivity contribution is 0.0940. The average molecular weight is 238 g/mol.